The van der Waals surface area contributed by atoms with Crippen LogP contribution in [0.3, 0.4) is 0 Å². The van der Waals surface area contributed by atoms with Crippen LogP contribution < -0.4 is 5.32 Å². The molecule has 16 heavy (non-hydrogen) atoms. The summed E-state index contributed by atoms with van der Waals surface area (Å²) < 4.78 is 11.1. The van der Waals surface area contributed by atoms with Gasteiger partial charge in [0.25, 0.3) is 0 Å². The number of hydrogen-bond donors (Lipinski definition) is 1. The molecular weight excluding hydrogens is 224 g/mol. The molecule has 1 aromatic rings. The number of amides is 2. The molecule has 1 aliphatic heterocycles. The maximum absolute atomic E-state index is 11.8. The van der Waals surface area contributed by atoms with Gasteiger partial charge in [-0.3, -0.25) is 4.21 Å². The minimum absolute atomic E-state index is 0.108. The molecule has 0 aromatic heterocycles. The average Bonchev–Trinajstić information content (AvgIpc) is 2.31. The number of carbonyl (C=O) groups is 1. The molecule has 1 aromatic carbocycles. The second-order valence-electron chi connectivity index (χ2n) is 3.63. The molecule has 2 amide bonds. The summed E-state index contributed by atoms with van der Waals surface area (Å²) in [5.74, 6) is 1.17. The van der Waals surface area contributed by atoms with Crippen molar-refractivity contribution in [1.29, 1.82) is 0 Å². The quantitative estimate of drug-likeness (QED) is 0.801. The topological polar surface area (TPSA) is 49.4 Å². The highest BCUT2D eigenvalue weighted by Gasteiger charge is 2.19. The summed E-state index contributed by atoms with van der Waals surface area (Å²) in [5.41, 5.74) is 0.791. The fourth-order valence-corrected chi connectivity index (χ4v) is 2.62. The maximum atomic E-state index is 11.8. The Morgan fingerprint density at radius 3 is 2.44 bits per heavy atom. The van der Waals surface area contributed by atoms with Crippen molar-refractivity contribution in [1.82, 2.24) is 4.90 Å². The SMILES string of the molecule is O=C(Nc1ccccc1)N1CCS(=O)CC1. The average molecular weight is 238 g/mol. The maximum Gasteiger partial charge on any atom is 0.321 e. The summed E-state index contributed by atoms with van der Waals surface area (Å²) in [5, 5.41) is 2.81. The number of carbonyl (C=O) groups excluding carboxylic acids is 1. The molecule has 0 bridgehead atoms. The first-order valence-electron chi connectivity index (χ1n) is 5.21. The highest BCUT2D eigenvalue weighted by atomic mass is 32.2. The van der Waals surface area contributed by atoms with E-state index in [4.69, 9.17) is 0 Å². The van der Waals surface area contributed by atoms with E-state index in [9.17, 15) is 9.00 Å². The molecule has 4 nitrogen and oxygen atoms in total. The molecule has 2 rings (SSSR count). The van der Waals surface area contributed by atoms with E-state index >= 15 is 0 Å². The van der Waals surface area contributed by atoms with Gasteiger partial charge >= 0.3 is 6.03 Å². The molecule has 0 saturated carbocycles. The Hall–Kier alpha value is -1.36. The van der Waals surface area contributed by atoms with E-state index in [-0.39, 0.29) is 6.03 Å². The third-order valence-electron chi connectivity index (χ3n) is 2.49. The number of urea groups is 1. The lowest BCUT2D eigenvalue weighted by Crippen LogP contribution is -2.43. The fraction of sp³-hybridized carbons (Fsp3) is 0.364. The molecule has 0 radical (unpaired) electrons. The smallest absolute Gasteiger partial charge is 0.321 e. The zero-order valence-electron chi connectivity index (χ0n) is 8.89. The molecule has 0 aliphatic carbocycles. The van der Waals surface area contributed by atoms with Crippen LogP contribution in [-0.2, 0) is 10.8 Å². The standard InChI is InChI=1S/C11H14N2O2S/c14-11(12-10-4-2-1-3-5-10)13-6-8-16(15)9-7-13/h1-5H,6-9H2,(H,12,14). The predicted molar refractivity (Wildman–Crippen MR) is 64.9 cm³/mol. The zero-order chi connectivity index (χ0) is 11.4. The number of benzene rings is 1. The summed E-state index contributed by atoms with van der Waals surface area (Å²) in [7, 11) is -0.746. The molecule has 1 saturated heterocycles. The van der Waals surface area contributed by atoms with Gasteiger partial charge in [0.15, 0.2) is 0 Å². The van der Waals surface area contributed by atoms with Gasteiger partial charge in [-0.15, -0.1) is 0 Å². The van der Waals surface area contributed by atoms with Crippen LogP contribution in [0.1, 0.15) is 0 Å². The Morgan fingerprint density at radius 2 is 1.81 bits per heavy atom. The van der Waals surface area contributed by atoms with Gasteiger partial charge in [-0.25, -0.2) is 4.79 Å². The normalized spacial score (nSPS) is 17.1. The minimum Gasteiger partial charge on any atom is -0.323 e. The summed E-state index contributed by atoms with van der Waals surface area (Å²) in [4.78, 5) is 13.5. The van der Waals surface area contributed by atoms with Crippen molar-refractivity contribution in [2.75, 3.05) is 29.9 Å². The third kappa shape index (κ3) is 2.82. The van der Waals surface area contributed by atoms with E-state index in [1.54, 1.807) is 4.90 Å². The van der Waals surface area contributed by atoms with E-state index in [0.29, 0.717) is 24.6 Å². The lowest BCUT2D eigenvalue weighted by molar-refractivity contribution is 0.216. The molecule has 1 N–H and O–H groups in total. The van der Waals surface area contributed by atoms with Gasteiger partial charge in [-0.1, -0.05) is 18.2 Å². The van der Waals surface area contributed by atoms with Gasteiger partial charge in [0.05, 0.1) is 0 Å². The van der Waals surface area contributed by atoms with Gasteiger partial charge in [0.2, 0.25) is 0 Å². The van der Waals surface area contributed by atoms with Crippen LogP contribution in [-0.4, -0.2) is 39.7 Å². The van der Waals surface area contributed by atoms with Crippen molar-refractivity contribution in [3.63, 3.8) is 0 Å². The van der Waals surface area contributed by atoms with Gasteiger partial charge < -0.3 is 10.2 Å². The lowest BCUT2D eigenvalue weighted by atomic mass is 10.3. The fourth-order valence-electron chi connectivity index (χ4n) is 1.56. The highest BCUT2D eigenvalue weighted by molar-refractivity contribution is 7.85. The summed E-state index contributed by atoms with van der Waals surface area (Å²) in [6, 6.07) is 9.24. The third-order valence-corrected chi connectivity index (χ3v) is 3.77. The number of para-hydroxylation sites is 1. The molecule has 5 heteroatoms. The van der Waals surface area contributed by atoms with Crippen LogP contribution in [0.5, 0.6) is 0 Å². The second kappa shape index (κ2) is 5.12. The van der Waals surface area contributed by atoms with Crippen LogP contribution >= 0.6 is 0 Å². The van der Waals surface area contributed by atoms with Crippen molar-refractivity contribution >= 4 is 22.5 Å². The molecule has 0 spiro atoms. The Balaban J connectivity index is 1.91. The van der Waals surface area contributed by atoms with Crippen LogP contribution in [0.2, 0.25) is 0 Å². The first kappa shape index (κ1) is 11.1. The summed E-state index contributed by atoms with van der Waals surface area (Å²) in [6.07, 6.45) is 0. The monoisotopic (exact) mass is 238 g/mol. The van der Waals surface area contributed by atoms with Crippen LogP contribution in [0, 0.1) is 0 Å². The molecular formula is C11H14N2O2S. The zero-order valence-corrected chi connectivity index (χ0v) is 9.70. The van der Waals surface area contributed by atoms with E-state index in [1.807, 2.05) is 30.3 Å². The lowest BCUT2D eigenvalue weighted by Gasteiger charge is -2.26. The van der Waals surface area contributed by atoms with Gasteiger partial charge in [-0.05, 0) is 12.1 Å². The number of nitrogens with zero attached hydrogens (tertiary/aromatic N) is 1. The number of rotatable bonds is 1. The van der Waals surface area contributed by atoms with Crippen LogP contribution in [0.25, 0.3) is 0 Å². The van der Waals surface area contributed by atoms with Gasteiger partial charge in [-0.2, -0.15) is 0 Å². The van der Waals surface area contributed by atoms with Crippen molar-refractivity contribution in [2.24, 2.45) is 0 Å². The van der Waals surface area contributed by atoms with E-state index in [2.05, 4.69) is 5.32 Å². The summed E-state index contributed by atoms with van der Waals surface area (Å²) >= 11 is 0. The molecule has 1 fully saturated rings. The van der Waals surface area contributed by atoms with E-state index in [1.165, 1.54) is 0 Å². The molecule has 86 valence electrons. The summed E-state index contributed by atoms with van der Waals surface area (Å²) in [6.45, 7) is 1.15. The van der Waals surface area contributed by atoms with Gasteiger partial charge in [0.1, 0.15) is 0 Å². The van der Waals surface area contributed by atoms with Crippen molar-refractivity contribution in [2.45, 2.75) is 0 Å². The molecule has 1 heterocycles. The molecule has 1 aliphatic rings. The Labute approximate surface area is 97.1 Å². The van der Waals surface area contributed by atoms with Crippen LogP contribution in [0.15, 0.2) is 30.3 Å². The van der Waals surface area contributed by atoms with E-state index < -0.39 is 10.8 Å². The molecule has 0 unspecified atom stereocenters. The Morgan fingerprint density at radius 1 is 1.19 bits per heavy atom. The number of anilines is 1. The molecule has 0 atom stereocenters. The number of nitrogens with one attached hydrogen (secondary N) is 1. The first-order valence-corrected chi connectivity index (χ1v) is 6.70. The Kier molecular flexibility index (Phi) is 3.56. The number of hydrogen-bond acceptors (Lipinski definition) is 2. The van der Waals surface area contributed by atoms with Crippen LogP contribution in [0.4, 0.5) is 10.5 Å². The van der Waals surface area contributed by atoms with Crippen molar-refractivity contribution in [3.05, 3.63) is 30.3 Å². The van der Waals surface area contributed by atoms with Crippen molar-refractivity contribution < 1.29 is 9.00 Å². The largest absolute Gasteiger partial charge is 0.323 e. The van der Waals surface area contributed by atoms with Gasteiger partial charge in [0, 0.05) is 41.1 Å². The van der Waals surface area contributed by atoms with Crippen molar-refractivity contribution in [3.8, 4) is 0 Å². The van der Waals surface area contributed by atoms with E-state index in [0.717, 1.165) is 5.69 Å². The second-order valence-corrected chi connectivity index (χ2v) is 5.33. The Bertz CT molecular complexity index is 384. The predicted octanol–water partition coefficient (Wildman–Crippen LogP) is 1.28. The first-order chi connectivity index (χ1) is 7.75. The minimum atomic E-state index is -0.746. The highest BCUT2D eigenvalue weighted by Crippen LogP contribution is 2.08.